The van der Waals surface area contributed by atoms with E-state index in [1.807, 2.05) is 0 Å². The molecule has 0 unspecified atom stereocenters. The van der Waals surface area contributed by atoms with Gasteiger partial charge in [0, 0.05) is 6.20 Å². The van der Waals surface area contributed by atoms with Crippen molar-refractivity contribution in [3.8, 4) is 0 Å². The van der Waals surface area contributed by atoms with Gasteiger partial charge in [-0.2, -0.15) is 0 Å². The molecule has 0 aromatic carbocycles. The fraction of sp³-hybridized carbons (Fsp3) is 0.167. The molecule has 0 aliphatic heterocycles. The minimum atomic E-state index is -4.45. The third-order valence-electron chi connectivity index (χ3n) is 1.61. The summed E-state index contributed by atoms with van der Waals surface area (Å²) in [7, 11) is -4.45. The largest absolute Gasteiger partial charge is 0.316 e. The van der Waals surface area contributed by atoms with Crippen molar-refractivity contribution >= 4 is 15.7 Å². The number of rotatable bonds is 3. The van der Waals surface area contributed by atoms with Crippen molar-refractivity contribution < 1.29 is 22.1 Å². The maximum Gasteiger partial charge on any atom is 0.316 e. The summed E-state index contributed by atoms with van der Waals surface area (Å²) in [6, 6.07) is 0.694. The number of pyridine rings is 1. The predicted octanol–water partition coefficient (Wildman–Crippen LogP) is 0.575. The van der Waals surface area contributed by atoms with Gasteiger partial charge in [-0.3, -0.25) is 10.1 Å². The Morgan fingerprint density at radius 3 is 2.44 bits per heavy atom. The van der Waals surface area contributed by atoms with Gasteiger partial charge in [0.05, 0.1) is 4.92 Å². The highest BCUT2D eigenvalue weighted by atomic mass is 32.2. The third kappa shape index (κ3) is 2.28. The van der Waals surface area contributed by atoms with Crippen molar-refractivity contribution in [2.45, 2.75) is 11.3 Å². The van der Waals surface area contributed by atoms with Crippen molar-refractivity contribution in [2.24, 2.45) is 5.14 Å². The van der Waals surface area contributed by atoms with Gasteiger partial charge in [-0.05, 0) is 6.07 Å². The first-order valence-electron chi connectivity index (χ1n) is 3.69. The van der Waals surface area contributed by atoms with E-state index in [4.69, 9.17) is 0 Å². The zero-order chi connectivity index (χ0) is 12.5. The molecule has 16 heavy (non-hydrogen) atoms. The maximum atomic E-state index is 12.4. The predicted molar refractivity (Wildman–Crippen MR) is 47.2 cm³/mol. The molecule has 0 fully saturated rings. The highest BCUT2D eigenvalue weighted by molar-refractivity contribution is 7.89. The lowest BCUT2D eigenvalue weighted by Crippen LogP contribution is -2.16. The Morgan fingerprint density at radius 1 is 1.50 bits per heavy atom. The van der Waals surface area contributed by atoms with Crippen LogP contribution in [0.25, 0.3) is 0 Å². The summed E-state index contributed by atoms with van der Waals surface area (Å²) in [5.74, 6) is 0. The minimum Gasteiger partial charge on any atom is -0.258 e. The zero-order valence-electron chi connectivity index (χ0n) is 7.50. The van der Waals surface area contributed by atoms with E-state index in [0.717, 1.165) is 0 Å². The van der Waals surface area contributed by atoms with Crippen LogP contribution in [0.3, 0.4) is 0 Å². The van der Waals surface area contributed by atoms with Crippen molar-refractivity contribution in [1.29, 1.82) is 0 Å². The van der Waals surface area contributed by atoms with Crippen LogP contribution >= 0.6 is 0 Å². The third-order valence-corrected chi connectivity index (χ3v) is 2.55. The van der Waals surface area contributed by atoms with E-state index in [2.05, 4.69) is 10.1 Å². The Kier molecular flexibility index (Phi) is 3.14. The Morgan fingerprint density at radius 2 is 2.06 bits per heavy atom. The van der Waals surface area contributed by atoms with Crippen LogP contribution < -0.4 is 5.14 Å². The number of alkyl halides is 2. The number of aromatic nitrogens is 1. The van der Waals surface area contributed by atoms with E-state index in [1.54, 1.807) is 0 Å². The SMILES string of the molecule is NS(=O)(=O)c1ccnc(C(F)F)c1[N+](=O)[O-]. The number of nitrogens with zero attached hydrogens (tertiary/aromatic N) is 2. The van der Waals surface area contributed by atoms with Gasteiger partial charge in [0.1, 0.15) is 0 Å². The summed E-state index contributed by atoms with van der Waals surface area (Å²) in [5.41, 5.74) is -2.52. The normalized spacial score (nSPS) is 11.8. The van der Waals surface area contributed by atoms with Crippen LogP contribution in [0.15, 0.2) is 17.2 Å². The summed E-state index contributed by atoms with van der Waals surface area (Å²) in [6.45, 7) is 0. The van der Waals surface area contributed by atoms with Crippen LogP contribution in [-0.4, -0.2) is 18.3 Å². The lowest BCUT2D eigenvalue weighted by Gasteiger charge is -2.04. The van der Waals surface area contributed by atoms with Crippen molar-refractivity contribution in [2.75, 3.05) is 0 Å². The monoisotopic (exact) mass is 253 g/mol. The first-order valence-corrected chi connectivity index (χ1v) is 5.24. The number of hydrogen-bond acceptors (Lipinski definition) is 5. The molecule has 2 N–H and O–H groups in total. The van der Waals surface area contributed by atoms with Crippen LogP contribution in [-0.2, 0) is 10.0 Å². The molecule has 1 aromatic heterocycles. The van der Waals surface area contributed by atoms with Gasteiger partial charge in [-0.15, -0.1) is 0 Å². The molecule has 0 amide bonds. The van der Waals surface area contributed by atoms with Crippen LogP contribution in [0, 0.1) is 10.1 Å². The molecule has 0 aliphatic rings. The molecule has 0 saturated carbocycles. The highest BCUT2D eigenvalue weighted by Gasteiger charge is 2.31. The number of nitro groups is 1. The van der Waals surface area contributed by atoms with E-state index in [0.29, 0.717) is 12.3 Å². The number of halogens is 2. The summed E-state index contributed by atoms with van der Waals surface area (Å²) in [4.78, 5) is 11.3. The van der Waals surface area contributed by atoms with Gasteiger partial charge in [0.15, 0.2) is 10.6 Å². The maximum absolute atomic E-state index is 12.4. The average molecular weight is 253 g/mol. The molecule has 10 heteroatoms. The highest BCUT2D eigenvalue weighted by Crippen LogP contribution is 2.31. The molecule has 88 valence electrons. The smallest absolute Gasteiger partial charge is 0.258 e. The van der Waals surface area contributed by atoms with E-state index >= 15 is 0 Å². The quantitative estimate of drug-likeness (QED) is 0.624. The first-order chi connectivity index (χ1) is 7.25. The zero-order valence-corrected chi connectivity index (χ0v) is 8.32. The second-order valence-electron chi connectivity index (χ2n) is 2.65. The Hall–Kier alpha value is -1.68. The summed E-state index contributed by atoms with van der Waals surface area (Å²) in [6.07, 6.45) is -2.55. The van der Waals surface area contributed by atoms with Crippen molar-refractivity contribution in [3.63, 3.8) is 0 Å². The van der Waals surface area contributed by atoms with Gasteiger partial charge in [-0.1, -0.05) is 0 Å². The standard InChI is InChI=1S/C6H5F2N3O4S/c7-6(8)4-5(11(12)13)3(1-2-10-4)16(9,14)15/h1-2,6H,(H2,9,14,15). The summed E-state index contributed by atoms with van der Waals surface area (Å²) >= 11 is 0. The Balaban J connectivity index is 3.65. The molecule has 0 radical (unpaired) electrons. The molecule has 0 aliphatic carbocycles. The Labute approximate surface area is 88.1 Å². The fourth-order valence-corrected chi connectivity index (χ4v) is 1.72. The molecule has 1 aromatic rings. The van der Waals surface area contributed by atoms with Crippen LogP contribution in [0.2, 0.25) is 0 Å². The lowest BCUT2D eigenvalue weighted by atomic mass is 10.3. The molecular weight excluding hydrogens is 248 g/mol. The van der Waals surface area contributed by atoms with Crippen molar-refractivity contribution in [3.05, 3.63) is 28.1 Å². The van der Waals surface area contributed by atoms with E-state index < -0.39 is 37.6 Å². The molecule has 0 atom stereocenters. The van der Waals surface area contributed by atoms with Gasteiger partial charge in [0.25, 0.3) is 6.43 Å². The molecule has 0 bridgehead atoms. The summed E-state index contributed by atoms with van der Waals surface area (Å²) < 4.78 is 46.6. The second kappa shape index (κ2) is 4.06. The van der Waals surface area contributed by atoms with Gasteiger partial charge >= 0.3 is 5.69 Å². The molecule has 0 saturated heterocycles. The van der Waals surface area contributed by atoms with Crippen LogP contribution in [0.4, 0.5) is 14.5 Å². The molecule has 0 spiro atoms. The second-order valence-corrected chi connectivity index (χ2v) is 4.18. The first kappa shape index (κ1) is 12.4. The molecule has 1 heterocycles. The minimum absolute atomic E-state index is 0.694. The van der Waals surface area contributed by atoms with Gasteiger partial charge in [0.2, 0.25) is 10.0 Å². The number of hydrogen-bond donors (Lipinski definition) is 1. The van der Waals surface area contributed by atoms with Crippen LogP contribution in [0.1, 0.15) is 12.1 Å². The number of nitrogens with two attached hydrogens (primary N) is 1. The van der Waals surface area contributed by atoms with Gasteiger partial charge < -0.3 is 0 Å². The lowest BCUT2D eigenvalue weighted by molar-refractivity contribution is -0.389. The fourth-order valence-electron chi connectivity index (χ4n) is 1.02. The molecule has 7 nitrogen and oxygen atoms in total. The van der Waals surface area contributed by atoms with E-state index in [1.165, 1.54) is 0 Å². The number of sulfonamides is 1. The van der Waals surface area contributed by atoms with Crippen molar-refractivity contribution in [1.82, 2.24) is 4.98 Å². The van der Waals surface area contributed by atoms with Gasteiger partial charge in [-0.25, -0.2) is 27.3 Å². The average Bonchev–Trinajstić information content (AvgIpc) is 2.14. The van der Waals surface area contributed by atoms with Crippen LogP contribution in [0.5, 0.6) is 0 Å². The summed E-state index contributed by atoms with van der Waals surface area (Å²) in [5, 5.41) is 15.2. The Bertz CT molecular complexity index is 531. The number of primary sulfonamides is 1. The molecule has 1 rings (SSSR count). The molecular formula is C6H5F2N3O4S. The van der Waals surface area contributed by atoms with E-state index in [9.17, 15) is 27.3 Å². The topological polar surface area (TPSA) is 116 Å². The van der Waals surface area contributed by atoms with E-state index in [-0.39, 0.29) is 0 Å².